The monoisotopic (exact) mass is 299 g/mol. The molecule has 1 aliphatic heterocycles. The van der Waals surface area contributed by atoms with E-state index >= 15 is 0 Å². The molecule has 6 nitrogen and oxygen atoms in total. The predicted molar refractivity (Wildman–Crippen MR) is 80.7 cm³/mol. The minimum atomic E-state index is -0.339. The Kier molecular flexibility index (Phi) is 4.39. The lowest BCUT2D eigenvalue weighted by Gasteiger charge is -2.19. The van der Waals surface area contributed by atoms with Crippen molar-refractivity contribution in [1.29, 1.82) is 0 Å². The maximum atomic E-state index is 11.9. The number of nitrogens with one attached hydrogen (secondary N) is 1. The summed E-state index contributed by atoms with van der Waals surface area (Å²) in [5.41, 5.74) is 6.44. The fourth-order valence-electron chi connectivity index (χ4n) is 2.18. The van der Waals surface area contributed by atoms with E-state index in [0.29, 0.717) is 29.3 Å². The Hall–Kier alpha value is -1.47. The predicted octanol–water partition coefficient (Wildman–Crippen LogP) is 1.05. The molecule has 112 valence electrons. The second-order valence-electron chi connectivity index (χ2n) is 5.11. The second kappa shape index (κ2) is 5.88. The first-order chi connectivity index (χ1) is 9.43. The molecule has 20 heavy (non-hydrogen) atoms. The lowest BCUT2D eigenvalue weighted by molar-refractivity contribution is 0.0967. The Bertz CT molecular complexity index is 501. The van der Waals surface area contributed by atoms with Gasteiger partial charge < -0.3 is 25.8 Å². The number of thiophene rings is 1. The van der Waals surface area contributed by atoms with Gasteiger partial charge in [-0.3, -0.25) is 4.79 Å². The Morgan fingerprint density at radius 3 is 2.80 bits per heavy atom. The molecule has 7 heteroatoms. The molecule has 1 atom stereocenters. The molecule has 1 aliphatic rings. The van der Waals surface area contributed by atoms with E-state index in [1.165, 1.54) is 11.3 Å². The van der Waals surface area contributed by atoms with Crippen LogP contribution >= 0.6 is 11.3 Å². The fourth-order valence-corrected chi connectivity index (χ4v) is 3.32. The highest BCUT2D eigenvalue weighted by Crippen LogP contribution is 2.46. The number of carbonyl (C=O) groups excluding carboxylic acids is 1. The van der Waals surface area contributed by atoms with Gasteiger partial charge in [-0.1, -0.05) is 0 Å². The van der Waals surface area contributed by atoms with E-state index in [4.69, 9.17) is 10.5 Å². The summed E-state index contributed by atoms with van der Waals surface area (Å²) in [4.78, 5) is 14.3. The third kappa shape index (κ3) is 2.83. The van der Waals surface area contributed by atoms with Crippen molar-refractivity contribution in [1.82, 2.24) is 5.32 Å². The minimum absolute atomic E-state index is 0.0317. The van der Waals surface area contributed by atoms with Gasteiger partial charge in [0, 0.05) is 20.1 Å². The Morgan fingerprint density at radius 1 is 1.60 bits per heavy atom. The quantitative estimate of drug-likeness (QED) is 0.773. The smallest absolute Gasteiger partial charge is 0.263 e. The van der Waals surface area contributed by atoms with Crippen molar-refractivity contribution in [2.24, 2.45) is 0 Å². The first-order valence-electron chi connectivity index (χ1n) is 6.68. The third-order valence-electron chi connectivity index (χ3n) is 3.12. The summed E-state index contributed by atoms with van der Waals surface area (Å²) in [5, 5.41) is 13.1. The first kappa shape index (κ1) is 14.9. The topological polar surface area (TPSA) is 87.8 Å². The number of nitrogens with zero attached hydrogens (tertiary/aromatic N) is 1. The molecule has 2 heterocycles. The summed E-state index contributed by atoms with van der Waals surface area (Å²) in [5.74, 6) is 0.338. The van der Waals surface area contributed by atoms with Crippen molar-refractivity contribution < 1.29 is 14.6 Å². The number of rotatable bonds is 4. The zero-order valence-corrected chi connectivity index (χ0v) is 12.8. The molecule has 0 spiro atoms. The molecule has 1 unspecified atom stereocenters. The Balaban J connectivity index is 2.40. The van der Waals surface area contributed by atoms with Crippen LogP contribution in [-0.4, -0.2) is 43.4 Å². The highest BCUT2D eigenvalue weighted by Gasteiger charge is 2.29. The zero-order valence-electron chi connectivity index (χ0n) is 12.0. The largest absolute Gasteiger partial charge is 0.486 e. The Labute approximate surface area is 122 Å². The number of aliphatic hydroxyl groups excluding tert-OH is 1. The standard InChI is InChI=1S/C13H21N3O3S/c1-7(2)19-10-9(14)11(12(18)15-3)20-13(10)16-5-4-8(17)6-16/h7-8,17H,4-6,14H2,1-3H3,(H,15,18). The lowest BCUT2D eigenvalue weighted by Crippen LogP contribution is -2.21. The van der Waals surface area contributed by atoms with Crippen molar-refractivity contribution in [3.05, 3.63) is 4.88 Å². The van der Waals surface area contributed by atoms with Crippen molar-refractivity contribution in [3.63, 3.8) is 0 Å². The van der Waals surface area contributed by atoms with E-state index in [0.717, 1.165) is 11.5 Å². The van der Waals surface area contributed by atoms with Gasteiger partial charge >= 0.3 is 0 Å². The van der Waals surface area contributed by atoms with Crippen LogP contribution in [-0.2, 0) is 0 Å². The molecular weight excluding hydrogens is 278 g/mol. The van der Waals surface area contributed by atoms with Crippen LogP contribution in [0.25, 0.3) is 0 Å². The minimum Gasteiger partial charge on any atom is -0.486 e. The summed E-state index contributed by atoms with van der Waals surface area (Å²) >= 11 is 1.31. The molecule has 4 N–H and O–H groups in total. The number of nitrogens with two attached hydrogens (primary N) is 1. The van der Waals surface area contributed by atoms with Crippen LogP contribution in [0.15, 0.2) is 0 Å². The van der Waals surface area contributed by atoms with Crippen LogP contribution in [0.4, 0.5) is 10.7 Å². The summed E-state index contributed by atoms with van der Waals surface area (Å²) in [7, 11) is 1.57. The van der Waals surface area contributed by atoms with Gasteiger partial charge in [-0.05, 0) is 20.3 Å². The number of amides is 1. The normalized spacial score (nSPS) is 18.6. The average Bonchev–Trinajstić information content (AvgIpc) is 2.94. The molecule has 1 aromatic heterocycles. The van der Waals surface area contributed by atoms with Crippen LogP contribution in [0.3, 0.4) is 0 Å². The molecule has 1 saturated heterocycles. The number of hydrogen-bond acceptors (Lipinski definition) is 6. The van der Waals surface area contributed by atoms with Crippen LogP contribution in [0.5, 0.6) is 5.75 Å². The fraction of sp³-hybridized carbons (Fsp3) is 0.615. The molecule has 0 aliphatic carbocycles. The molecule has 2 rings (SSSR count). The second-order valence-corrected chi connectivity index (χ2v) is 6.11. The maximum absolute atomic E-state index is 11.9. The number of anilines is 2. The van der Waals surface area contributed by atoms with Gasteiger partial charge in [0.1, 0.15) is 15.6 Å². The average molecular weight is 299 g/mol. The number of hydrogen-bond donors (Lipinski definition) is 3. The molecule has 0 bridgehead atoms. The highest BCUT2D eigenvalue weighted by molar-refractivity contribution is 7.19. The van der Waals surface area contributed by atoms with Crippen molar-refractivity contribution in [2.45, 2.75) is 32.5 Å². The van der Waals surface area contributed by atoms with E-state index < -0.39 is 0 Å². The van der Waals surface area contributed by atoms with Gasteiger partial charge in [0.05, 0.1) is 12.2 Å². The van der Waals surface area contributed by atoms with Gasteiger partial charge in [0.2, 0.25) is 0 Å². The van der Waals surface area contributed by atoms with Crippen molar-refractivity contribution in [2.75, 3.05) is 30.8 Å². The van der Waals surface area contributed by atoms with Gasteiger partial charge in [0.15, 0.2) is 5.75 Å². The summed E-state index contributed by atoms with van der Waals surface area (Å²) in [6.07, 6.45) is 0.346. The van der Waals surface area contributed by atoms with Gasteiger partial charge in [-0.15, -0.1) is 11.3 Å². The number of carbonyl (C=O) groups is 1. The molecule has 1 amide bonds. The molecule has 0 saturated carbocycles. The van der Waals surface area contributed by atoms with Crippen LogP contribution in [0.2, 0.25) is 0 Å². The zero-order chi connectivity index (χ0) is 14.9. The number of β-amino-alcohol motifs (C(OH)–C–C–N with tert-alkyl or cyclic N) is 1. The van der Waals surface area contributed by atoms with E-state index in [9.17, 15) is 9.90 Å². The van der Waals surface area contributed by atoms with E-state index in [1.54, 1.807) is 7.05 Å². The van der Waals surface area contributed by atoms with E-state index in [1.807, 2.05) is 18.7 Å². The molecule has 0 aromatic carbocycles. The number of nitrogen functional groups attached to an aromatic ring is 1. The van der Waals surface area contributed by atoms with Crippen molar-refractivity contribution >= 4 is 27.9 Å². The molecule has 0 radical (unpaired) electrons. The van der Waals surface area contributed by atoms with Gasteiger partial charge in [-0.25, -0.2) is 0 Å². The summed E-state index contributed by atoms with van der Waals surface area (Å²) < 4.78 is 5.78. The third-order valence-corrected chi connectivity index (χ3v) is 4.37. The summed E-state index contributed by atoms with van der Waals surface area (Å²) in [6, 6.07) is 0. The maximum Gasteiger partial charge on any atom is 0.263 e. The van der Waals surface area contributed by atoms with Crippen LogP contribution in [0.1, 0.15) is 29.9 Å². The molecule has 1 fully saturated rings. The number of ether oxygens (including phenoxy) is 1. The SMILES string of the molecule is CNC(=O)c1sc(N2CCC(O)C2)c(OC(C)C)c1N. The number of aliphatic hydroxyl groups is 1. The molecule has 1 aromatic rings. The lowest BCUT2D eigenvalue weighted by atomic mass is 10.3. The molecular formula is C13H21N3O3S. The van der Waals surface area contributed by atoms with Gasteiger partial charge in [0.25, 0.3) is 5.91 Å². The summed E-state index contributed by atoms with van der Waals surface area (Å²) in [6.45, 7) is 5.11. The van der Waals surface area contributed by atoms with Crippen molar-refractivity contribution in [3.8, 4) is 5.75 Å². The van der Waals surface area contributed by atoms with Crippen LogP contribution in [0, 0.1) is 0 Å². The van der Waals surface area contributed by atoms with E-state index in [2.05, 4.69) is 5.32 Å². The van der Waals surface area contributed by atoms with E-state index in [-0.39, 0.29) is 18.1 Å². The van der Waals surface area contributed by atoms with Crippen LogP contribution < -0.4 is 20.7 Å². The van der Waals surface area contributed by atoms with Gasteiger partial charge in [-0.2, -0.15) is 0 Å². The first-order valence-corrected chi connectivity index (χ1v) is 7.49. The Morgan fingerprint density at radius 2 is 2.30 bits per heavy atom. The highest BCUT2D eigenvalue weighted by atomic mass is 32.1.